The number of hydrogen-bond acceptors (Lipinski definition) is 3. The van der Waals surface area contributed by atoms with Crippen LogP contribution in [-0.2, 0) is 0 Å². The van der Waals surface area contributed by atoms with Crippen molar-refractivity contribution in [2.24, 2.45) is 0 Å². The van der Waals surface area contributed by atoms with Crippen LogP contribution in [0.4, 0.5) is 0 Å². The van der Waals surface area contributed by atoms with E-state index in [9.17, 15) is 0 Å². The molecule has 1 heterocycles. The topological polar surface area (TPSA) is 24.9 Å². The summed E-state index contributed by atoms with van der Waals surface area (Å²) in [5, 5.41) is 4.78. The second-order valence-corrected chi connectivity index (χ2v) is 5.92. The van der Waals surface area contributed by atoms with Crippen LogP contribution < -0.4 is 5.32 Å². The van der Waals surface area contributed by atoms with Crippen molar-refractivity contribution < 1.29 is 0 Å². The predicted molar refractivity (Wildman–Crippen MR) is 81.4 cm³/mol. The lowest BCUT2D eigenvalue weighted by atomic mass is 10.2. The van der Waals surface area contributed by atoms with Crippen LogP contribution in [0.2, 0.25) is 0 Å². The highest BCUT2D eigenvalue weighted by Gasteiger charge is 2.08. The van der Waals surface area contributed by atoms with E-state index in [1.165, 1.54) is 24.8 Å². The Kier molecular flexibility index (Phi) is 7.36. The summed E-state index contributed by atoms with van der Waals surface area (Å²) in [4.78, 5) is 4.58. The molecule has 1 N–H and O–H groups in total. The number of pyridine rings is 1. The summed E-state index contributed by atoms with van der Waals surface area (Å²) in [5.74, 6) is 1.11. The first-order valence-electron chi connectivity index (χ1n) is 6.97. The van der Waals surface area contributed by atoms with Gasteiger partial charge in [0.15, 0.2) is 0 Å². The van der Waals surface area contributed by atoms with E-state index in [2.05, 4.69) is 50.1 Å². The van der Waals surface area contributed by atoms with Crippen LogP contribution in [0.25, 0.3) is 0 Å². The maximum absolute atomic E-state index is 4.58. The molecular formula is C15H26N2S. The molecule has 0 aliphatic rings. The van der Waals surface area contributed by atoms with Crippen molar-refractivity contribution in [3.05, 3.63) is 23.4 Å². The monoisotopic (exact) mass is 266 g/mol. The van der Waals surface area contributed by atoms with Crippen LogP contribution in [0, 0.1) is 13.8 Å². The largest absolute Gasteiger partial charge is 0.313 e. The minimum absolute atomic E-state index is 0.613. The summed E-state index contributed by atoms with van der Waals surface area (Å²) in [6.07, 6.45) is 3.69. The number of aromatic nitrogens is 1. The molecule has 1 aromatic heterocycles. The summed E-state index contributed by atoms with van der Waals surface area (Å²) in [7, 11) is 0. The van der Waals surface area contributed by atoms with Gasteiger partial charge in [0, 0.05) is 17.5 Å². The highest BCUT2D eigenvalue weighted by molar-refractivity contribution is 7.99. The van der Waals surface area contributed by atoms with Crippen LogP contribution >= 0.6 is 11.8 Å². The molecular weight excluding hydrogens is 240 g/mol. The number of nitrogens with zero attached hydrogens (tertiary/aromatic N) is 1. The normalized spacial score (nSPS) is 12.7. The van der Waals surface area contributed by atoms with Gasteiger partial charge in [0.05, 0.1) is 5.03 Å². The van der Waals surface area contributed by atoms with Gasteiger partial charge in [-0.05, 0) is 50.9 Å². The molecule has 102 valence electrons. The third-order valence-electron chi connectivity index (χ3n) is 2.83. The molecule has 0 aliphatic heterocycles. The van der Waals surface area contributed by atoms with Gasteiger partial charge in [0.25, 0.3) is 0 Å². The van der Waals surface area contributed by atoms with Gasteiger partial charge in [-0.3, -0.25) is 0 Å². The zero-order valence-corrected chi connectivity index (χ0v) is 12.9. The second-order valence-electron chi connectivity index (χ2n) is 4.87. The average Bonchev–Trinajstić information content (AvgIpc) is 2.31. The Morgan fingerprint density at radius 2 is 2.00 bits per heavy atom. The molecule has 18 heavy (non-hydrogen) atoms. The lowest BCUT2D eigenvalue weighted by Gasteiger charge is -2.17. The maximum Gasteiger partial charge on any atom is 0.0966 e. The molecule has 0 saturated heterocycles. The summed E-state index contributed by atoms with van der Waals surface area (Å²) in [6.45, 7) is 9.79. The van der Waals surface area contributed by atoms with Crippen LogP contribution in [0.1, 0.15) is 44.4 Å². The highest BCUT2D eigenvalue weighted by atomic mass is 32.2. The van der Waals surface area contributed by atoms with Crippen molar-refractivity contribution >= 4 is 11.8 Å². The van der Waals surface area contributed by atoms with Crippen LogP contribution in [-0.4, -0.2) is 23.3 Å². The highest BCUT2D eigenvalue weighted by Crippen LogP contribution is 2.19. The lowest BCUT2D eigenvalue weighted by molar-refractivity contribution is 0.514. The first-order chi connectivity index (χ1) is 8.65. The number of aryl methyl sites for hydroxylation is 2. The molecule has 3 heteroatoms. The first kappa shape index (κ1) is 15.5. The van der Waals surface area contributed by atoms with Gasteiger partial charge < -0.3 is 5.32 Å². The Labute approximate surface area is 116 Å². The molecule has 0 spiro atoms. The fourth-order valence-electron chi connectivity index (χ4n) is 2.01. The Balaban J connectivity index is 2.49. The third kappa shape index (κ3) is 5.87. The molecule has 0 radical (unpaired) electrons. The summed E-state index contributed by atoms with van der Waals surface area (Å²) in [6, 6.07) is 4.92. The van der Waals surface area contributed by atoms with Gasteiger partial charge in [-0.25, -0.2) is 4.98 Å². The van der Waals surface area contributed by atoms with E-state index in [1.807, 2.05) is 11.8 Å². The molecule has 1 rings (SSSR count). The van der Waals surface area contributed by atoms with Crippen molar-refractivity contribution in [1.29, 1.82) is 0 Å². The van der Waals surface area contributed by atoms with Crippen molar-refractivity contribution in [2.75, 3.05) is 12.3 Å². The van der Waals surface area contributed by atoms with Crippen LogP contribution in [0.15, 0.2) is 17.2 Å². The summed E-state index contributed by atoms with van der Waals surface area (Å²) in [5.41, 5.74) is 2.42. The van der Waals surface area contributed by atoms with Gasteiger partial charge in [0.1, 0.15) is 0 Å². The molecule has 1 unspecified atom stereocenters. The average molecular weight is 266 g/mol. The zero-order valence-electron chi connectivity index (χ0n) is 12.1. The molecule has 1 atom stereocenters. The van der Waals surface area contributed by atoms with Crippen molar-refractivity contribution in [3.63, 3.8) is 0 Å². The van der Waals surface area contributed by atoms with E-state index < -0.39 is 0 Å². The SMILES string of the molecule is CCCNC(CCC)CSc1cc(C)cc(C)n1. The molecule has 1 aromatic rings. The summed E-state index contributed by atoms with van der Waals surface area (Å²) < 4.78 is 0. The fraction of sp³-hybridized carbons (Fsp3) is 0.667. The van der Waals surface area contributed by atoms with Crippen LogP contribution in [0.3, 0.4) is 0 Å². The molecule has 0 saturated carbocycles. The van der Waals surface area contributed by atoms with Crippen molar-refractivity contribution in [1.82, 2.24) is 10.3 Å². The zero-order chi connectivity index (χ0) is 13.4. The molecule has 0 amide bonds. The van der Waals surface area contributed by atoms with Crippen LogP contribution in [0.5, 0.6) is 0 Å². The molecule has 0 aromatic carbocycles. The lowest BCUT2D eigenvalue weighted by Crippen LogP contribution is -2.31. The van der Waals surface area contributed by atoms with E-state index in [0.29, 0.717) is 6.04 Å². The van der Waals surface area contributed by atoms with Gasteiger partial charge in [0.2, 0.25) is 0 Å². The number of rotatable bonds is 8. The smallest absolute Gasteiger partial charge is 0.0966 e. The predicted octanol–water partition coefficient (Wildman–Crippen LogP) is 3.96. The van der Waals surface area contributed by atoms with E-state index in [4.69, 9.17) is 0 Å². The quantitative estimate of drug-likeness (QED) is 0.721. The minimum Gasteiger partial charge on any atom is -0.313 e. The standard InChI is InChI=1S/C15H26N2S/c1-5-7-14(16-8-6-2)11-18-15-10-12(3)9-13(4)17-15/h9-10,14,16H,5-8,11H2,1-4H3. The Morgan fingerprint density at radius 3 is 2.61 bits per heavy atom. The van der Waals surface area contributed by atoms with Gasteiger partial charge in [-0.2, -0.15) is 0 Å². The first-order valence-corrected chi connectivity index (χ1v) is 7.95. The summed E-state index contributed by atoms with van der Waals surface area (Å²) >= 11 is 1.87. The number of thioether (sulfide) groups is 1. The third-order valence-corrected chi connectivity index (χ3v) is 3.90. The van der Waals surface area contributed by atoms with Crippen molar-refractivity contribution in [3.8, 4) is 0 Å². The van der Waals surface area contributed by atoms with E-state index >= 15 is 0 Å². The molecule has 0 fully saturated rings. The minimum atomic E-state index is 0.613. The van der Waals surface area contributed by atoms with E-state index in [-0.39, 0.29) is 0 Å². The van der Waals surface area contributed by atoms with Gasteiger partial charge in [-0.15, -0.1) is 11.8 Å². The van der Waals surface area contributed by atoms with Gasteiger partial charge in [-0.1, -0.05) is 20.3 Å². The Bertz CT molecular complexity index is 332. The molecule has 0 aliphatic carbocycles. The van der Waals surface area contributed by atoms with Crippen molar-refractivity contribution in [2.45, 2.75) is 58.0 Å². The molecule has 0 bridgehead atoms. The fourth-order valence-corrected chi connectivity index (χ4v) is 3.14. The Morgan fingerprint density at radius 1 is 1.22 bits per heavy atom. The number of nitrogens with one attached hydrogen (secondary N) is 1. The Hall–Kier alpha value is -0.540. The number of hydrogen-bond donors (Lipinski definition) is 1. The second kappa shape index (κ2) is 8.54. The van der Waals surface area contributed by atoms with Gasteiger partial charge >= 0.3 is 0 Å². The molecule has 2 nitrogen and oxygen atoms in total. The maximum atomic E-state index is 4.58. The van der Waals surface area contributed by atoms with E-state index in [1.54, 1.807) is 0 Å². The van der Waals surface area contributed by atoms with E-state index in [0.717, 1.165) is 23.0 Å².